The van der Waals surface area contributed by atoms with Crippen molar-refractivity contribution in [1.29, 1.82) is 0 Å². The standard InChI is InChI=1S/C14H20BrN3O/c1-4-6-18-14(12(15)8-17-18)13(16-5-2)11-7-10(3)19-9-11/h7-9,13,16H,4-6H2,1-3H3. The summed E-state index contributed by atoms with van der Waals surface area (Å²) >= 11 is 3.61. The van der Waals surface area contributed by atoms with Crippen molar-refractivity contribution >= 4 is 15.9 Å². The van der Waals surface area contributed by atoms with Crippen LogP contribution in [0.1, 0.15) is 43.3 Å². The molecule has 0 aliphatic rings. The number of hydrogen-bond acceptors (Lipinski definition) is 3. The minimum atomic E-state index is 0.103. The Balaban J connectivity index is 2.41. The molecule has 104 valence electrons. The molecule has 4 nitrogen and oxygen atoms in total. The average molecular weight is 326 g/mol. The molecule has 2 heterocycles. The van der Waals surface area contributed by atoms with Crippen molar-refractivity contribution in [3.8, 4) is 0 Å². The predicted molar refractivity (Wildman–Crippen MR) is 79.2 cm³/mol. The van der Waals surface area contributed by atoms with E-state index in [4.69, 9.17) is 4.42 Å². The molecule has 1 N–H and O–H groups in total. The molecule has 0 saturated carbocycles. The number of hydrogen-bond donors (Lipinski definition) is 1. The maximum Gasteiger partial charge on any atom is 0.101 e. The summed E-state index contributed by atoms with van der Waals surface area (Å²) in [7, 11) is 0. The molecule has 0 radical (unpaired) electrons. The second kappa shape index (κ2) is 6.39. The largest absolute Gasteiger partial charge is 0.469 e. The lowest BCUT2D eigenvalue weighted by atomic mass is 10.1. The van der Waals surface area contributed by atoms with E-state index >= 15 is 0 Å². The third-order valence-electron chi connectivity index (χ3n) is 3.03. The topological polar surface area (TPSA) is 43.0 Å². The summed E-state index contributed by atoms with van der Waals surface area (Å²) in [5.41, 5.74) is 2.29. The van der Waals surface area contributed by atoms with Crippen molar-refractivity contribution < 1.29 is 4.42 Å². The van der Waals surface area contributed by atoms with Crippen molar-refractivity contribution in [2.24, 2.45) is 0 Å². The molecule has 1 atom stereocenters. The molecule has 0 aliphatic heterocycles. The van der Waals surface area contributed by atoms with E-state index in [9.17, 15) is 0 Å². The summed E-state index contributed by atoms with van der Waals surface area (Å²) in [5.74, 6) is 0.926. The van der Waals surface area contributed by atoms with Crippen molar-refractivity contribution in [2.45, 2.75) is 39.8 Å². The first kappa shape index (κ1) is 14.3. The summed E-state index contributed by atoms with van der Waals surface area (Å²) in [6.07, 6.45) is 4.74. The van der Waals surface area contributed by atoms with Crippen LogP contribution in [-0.2, 0) is 6.54 Å². The van der Waals surface area contributed by atoms with Gasteiger partial charge in [-0.15, -0.1) is 0 Å². The quantitative estimate of drug-likeness (QED) is 0.881. The molecule has 0 fully saturated rings. The van der Waals surface area contributed by atoms with E-state index in [-0.39, 0.29) is 6.04 Å². The van der Waals surface area contributed by atoms with Gasteiger partial charge in [0.1, 0.15) is 5.76 Å². The van der Waals surface area contributed by atoms with E-state index in [1.807, 2.05) is 19.4 Å². The van der Waals surface area contributed by atoms with E-state index < -0.39 is 0 Å². The highest BCUT2D eigenvalue weighted by molar-refractivity contribution is 9.10. The minimum Gasteiger partial charge on any atom is -0.469 e. The third-order valence-corrected chi connectivity index (χ3v) is 3.65. The van der Waals surface area contributed by atoms with Gasteiger partial charge >= 0.3 is 0 Å². The lowest BCUT2D eigenvalue weighted by Gasteiger charge is -2.18. The van der Waals surface area contributed by atoms with Gasteiger partial charge in [0.15, 0.2) is 0 Å². The Bertz CT molecular complexity index is 533. The Kier molecular flexibility index (Phi) is 4.82. The molecular formula is C14H20BrN3O. The van der Waals surface area contributed by atoms with E-state index in [1.165, 1.54) is 0 Å². The fraction of sp³-hybridized carbons (Fsp3) is 0.500. The van der Waals surface area contributed by atoms with E-state index in [0.717, 1.165) is 41.0 Å². The second-order valence-corrected chi connectivity index (χ2v) is 5.44. The van der Waals surface area contributed by atoms with E-state index in [2.05, 4.69) is 50.9 Å². The van der Waals surface area contributed by atoms with Gasteiger partial charge in [-0.1, -0.05) is 13.8 Å². The zero-order chi connectivity index (χ0) is 13.8. The van der Waals surface area contributed by atoms with Gasteiger partial charge in [-0.25, -0.2) is 0 Å². The molecule has 2 aromatic rings. The zero-order valence-corrected chi connectivity index (χ0v) is 13.2. The number of aromatic nitrogens is 2. The fourth-order valence-electron chi connectivity index (χ4n) is 2.24. The lowest BCUT2D eigenvalue weighted by molar-refractivity contribution is 0.504. The zero-order valence-electron chi connectivity index (χ0n) is 11.6. The smallest absolute Gasteiger partial charge is 0.101 e. The Hall–Kier alpha value is -1.07. The number of furan rings is 1. The van der Waals surface area contributed by atoms with Crippen molar-refractivity contribution in [3.05, 3.63) is 40.0 Å². The van der Waals surface area contributed by atoms with Gasteiger partial charge in [0.05, 0.1) is 28.7 Å². The highest BCUT2D eigenvalue weighted by Crippen LogP contribution is 2.29. The van der Waals surface area contributed by atoms with Crippen LogP contribution in [0.15, 0.2) is 27.4 Å². The molecule has 19 heavy (non-hydrogen) atoms. The molecule has 2 aromatic heterocycles. The Morgan fingerprint density at radius 2 is 2.26 bits per heavy atom. The minimum absolute atomic E-state index is 0.103. The summed E-state index contributed by atoms with van der Waals surface area (Å²) < 4.78 is 8.53. The fourth-order valence-corrected chi connectivity index (χ4v) is 2.77. The molecule has 0 spiro atoms. The van der Waals surface area contributed by atoms with Gasteiger partial charge < -0.3 is 9.73 Å². The predicted octanol–water partition coefficient (Wildman–Crippen LogP) is 3.66. The lowest BCUT2D eigenvalue weighted by Crippen LogP contribution is -2.25. The normalized spacial score (nSPS) is 12.8. The van der Waals surface area contributed by atoms with Crippen LogP contribution in [0, 0.1) is 6.92 Å². The third kappa shape index (κ3) is 3.09. The first-order valence-electron chi connectivity index (χ1n) is 6.67. The van der Waals surface area contributed by atoms with Gasteiger partial charge in [-0.05, 0) is 41.9 Å². The van der Waals surface area contributed by atoms with Crippen LogP contribution in [0.2, 0.25) is 0 Å². The first-order valence-corrected chi connectivity index (χ1v) is 7.46. The van der Waals surface area contributed by atoms with Gasteiger partial charge in [0, 0.05) is 12.1 Å². The highest BCUT2D eigenvalue weighted by atomic mass is 79.9. The molecule has 0 aromatic carbocycles. The van der Waals surface area contributed by atoms with Crippen LogP contribution in [0.3, 0.4) is 0 Å². The van der Waals surface area contributed by atoms with Crippen LogP contribution >= 0.6 is 15.9 Å². The average Bonchev–Trinajstić information content (AvgIpc) is 2.95. The molecule has 0 aliphatic carbocycles. The maximum atomic E-state index is 5.44. The van der Waals surface area contributed by atoms with Crippen LogP contribution in [-0.4, -0.2) is 16.3 Å². The summed E-state index contributed by atoms with van der Waals surface area (Å²) in [6.45, 7) is 8.03. The molecule has 0 saturated heterocycles. The Morgan fingerprint density at radius 1 is 1.47 bits per heavy atom. The number of aryl methyl sites for hydroxylation is 2. The maximum absolute atomic E-state index is 5.44. The molecule has 0 bridgehead atoms. The number of nitrogens with one attached hydrogen (secondary N) is 1. The van der Waals surface area contributed by atoms with Crippen molar-refractivity contribution in [2.75, 3.05) is 6.54 Å². The molecule has 0 amide bonds. The van der Waals surface area contributed by atoms with Crippen molar-refractivity contribution in [1.82, 2.24) is 15.1 Å². The monoisotopic (exact) mass is 325 g/mol. The number of nitrogens with zero attached hydrogens (tertiary/aromatic N) is 2. The van der Waals surface area contributed by atoms with Gasteiger partial charge in [-0.3, -0.25) is 4.68 Å². The molecular weight excluding hydrogens is 306 g/mol. The van der Waals surface area contributed by atoms with E-state index in [1.54, 1.807) is 0 Å². The Morgan fingerprint density at radius 3 is 2.84 bits per heavy atom. The first-order chi connectivity index (χ1) is 9.17. The SMILES string of the molecule is CCCn1ncc(Br)c1C(NCC)c1coc(C)c1. The Labute approximate surface area is 122 Å². The number of rotatable bonds is 6. The highest BCUT2D eigenvalue weighted by Gasteiger charge is 2.22. The van der Waals surface area contributed by atoms with Gasteiger partial charge in [-0.2, -0.15) is 5.10 Å². The summed E-state index contributed by atoms with van der Waals surface area (Å²) in [4.78, 5) is 0. The van der Waals surface area contributed by atoms with Crippen LogP contribution in [0.5, 0.6) is 0 Å². The summed E-state index contributed by atoms with van der Waals surface area (Å²) in [6, 6.07) is 2.18. The number of halogens is 1. The van der Waals surface area contributed by atoms with Crippen LogP contribution in [0.25, 0.3) is 0 Å². The van der Waals surface area contributed by atoms with Crippen molar-refractivity contribution in [3.63, 3.8) is 0 Å². The van der Waals surface area contributed by atoms with Gasteiger partial charge in [0.25, 0.3) is 0 Å². The molecule has 5 heteroatoms. The summed E-state index contributed by atoms with van der Waals surface area (Å²) in [5, 5.41) is 7.94. The van der Waals surface area contributed by atoms with Gasteiger partial charge in [0.2, 0.25) is 0 Å². The second-order valence-electron chi connectivity index (χ2n) is 4.58. The van der Waals surface area contributed by atoms with E-state index in [0.29, 0.717) is 0 Å². The molecule has 1 unspecified atom stereocenters. The van der Waals surface area contributed by atoms with Crippen LogP contribution < -0.4 is 5.32 Å². The molecule has 2 rings (SSSR count). The van der Waals surface area contributed by atoms with Crippen LogP contribution in [0.4, 0.5) is 0 Å².